The summed E-state index contributed by atoms with van der Waals surface area (Å²) in [7, 11) is 0. The molecule has 0 fully saturated rings. The van der Waals surface area contributed by atoms with Crippen LogP contribution in [0.15, 0.2) is 54.6 Å². The van der Waals surface area contributed by atoms with Gasteiger partial charge in [0.15, 0.2) is 0 Å². The lowest BCUT2D eigenvalue weighted by atomic mass is 9.93. The van der Waals surface area contributed by atoms with E-state index in [0.29, 0.717) is 11.1 Å². The van der Waals surface area contributed by atoms with Crippen molar-refractivity contribution < 1.29 is 14.5 Å². The average Bonchev–Trinajstić information content (AvgIpc) is 2.54. The molecule has 0 spiro atoms. The number of nitrogens with one attached hydrogen (secondary N) is 1. The van der Waals surface area contributed by atoms with Gasteiger partial charge >= 0.3 is 6.09 Å². The number of amides is 1. The number of benzene rings is 2. The quantitative estimate of drug-likeness (QED) is 0.628. The highest BCUT2D eigenvalue weighted by atomic mass is 16.6. The van der Waals surface area contributed by atoms with Gasteiger partial charge in [-0.2, -0.15) is 0 Å². The van der Waals surface area contributed by atoms with Gasteiger partial charge in [-0.3, -0.25) is 10.1 Å². The number of rotatable bonds is 5. The van der Waals surface area contributed by atoms with E-state index < -0.39 is 23.8 Å². The van der Waals surface area contributed by atoms with Crippen LogP contribution in [0, 0.1) is 17.0 Å². The minimum absolute atomic E-state index is 0.378. The normalized spacial score (nSPS) is 13.5. The number of carbonyl (C=O) groups is 1. The number of nitrogens with zero attached hydrogens (tertiary/aromatic N) is 1. The molecule has 0 saturated heterocycles. The molecule has 2 aromatic carbocycles. The third-order valence-corrected chi connectivity index (χ3v) is 3.79. The van der Waals surface area contributed by atoms with E-state index in [1.54, 1.807) is 63.2 Å². The highest BCUT2D eigenvalue weighted by Gasteiger charge is 2.36. The number of ether oxygens (including phenoxy) is 1. The third-order valence-electron chi connectivity index (χ3n) is 3.79. The van der Waals surface area contributed by atoms with Gasteiger partial charge < -0.3 is 10.1 Å². The summed E-state index contributed by atoms with van der Waals surface area (Å²) in [5.41, 5.74) is 1.49. The van der Waals surface area contributed by atoms with Crippen molar-refractivity contribution in [3.05, 3.63) is 81.4 Å². The van der Waals surface area contributed by atoms with Crippen LogP contribution in [0.5, 0.6) is 0 Å². The van der Waals surface area contributed by atoms with Crippen LogP contribution in [0.4, 0.5) is 4.79 Å². The van der Waals surface area contributed by atoms with Crippen molar-refractivity contribution in [1.82, 2.24) is 5.32 Å². The monoisotopic (exact) mass is 356 g/mol. The van der Waals surface area contributed by atoms with Gasteiger partial charge in [-0.05, 0) is 33.3 Å². The average molecular weight is 356 g/mol. The van der Waals surface area contributed by atoms with Crippen molar-refractivity contribution in [2.24, 2.45) is 0 Å². The first-order chi connectivity index (χ1) is 12.2. The fourth-order valence-corrected chi connectivity index (χ4v) is 2.64. The number of hydrogen-bond donors (Lipinski definition) is 1. The fourth-order valence-electron chi connectivity index (χ4n) is 2.64. The second kappa shape index (κ2) is 7.99. The van der Waals surface area contributed by atoms with Crippen LogP contribution in [0.3, 0.4) is 0 Å². The predicted octanol–water partition coefficient (Wildman–Crippen LogP) is 4.58. The van der Waals surface area contributed by atoms with Gasteiger partial charge in [0.2, 0.25) is 0 Å². The van der Waals surface area contributed by atoms with Crippen molar-refractivity contribution in [2.45, 2.75) is 45.4 Å². The molecule has 0 unspecified atom stereocenters. The Labute approximate surface area is 153 Å². The second-order valence-electron chi connectivity index (χ2n) is 7.18. The first kappa shape index (κ1) is 19.4. The molecule has 138 valence electrons. The van der Waals surface area contributed by atoms with Crippen LogP contribution < -0.4 is 5.32 Å². The molecule has 0 aliphatic heterocycles. The zero-order valence-corrected chi connectivity index (χ0v) is 15.4. The number of hydrogen-bond acceptors (Lipinski definition) is 4. The van der Waals surface area contributed by atoms with Gasteiger partial charge in [-0.1, -0.05) is 60.2 Å². The maximum Gasteiger partial charge on any atom is 0.408 e. The molecule has 26 heavy (non-hydrogen) atoms. The molecule has 0 saturated carbocycles. The molecule has 0 aromatic heterocycles. The minimum atomic E-state index is -1.13. The highest BCUT2D eigenvalue weighted by molar-refractivity contribution is 5.68. The summed E-state index contributed by atoms with van der Waals surface area (Å²) in [5, 5.41) is 14.5. The Bertz CT molecular complexity index is 752. The van der Waals surface area contributed by atoms with Crippen molar-refractivity contribution in [3.63, 3.8) is 0 Å². The summed E-state index contributed by atoms with van der Waals surface area (Å²) in [6.45, 7) is 7.17. The molecule has 6 nitrogen and oxygen atoms in total. The molecule has 0 heterocycles. The van der Waals surface area contributed by atoms with E-state index in [1.807, 2.05) is 19.1 Å². The largest absolute Gasteiger partial charge is 0.444 e. The Kier molecular flexibility index (Phi) is 5.97. The molecule has 2 rings (SSSR count). The second-order valence-corrected chi connectivity index (χ2v) is 7.18. The number of aryl methyl sites for hydroxylation is 1. The first-order valence-corrected chi connectivity index (χ1v) is 8.42. The van der Waals surface area contributed by atoms with Crippen LogP contribution >= 0.6 is 0 Å². The smallest absolute Gasteiger partial charge is 0.408 e. The lowest BCUT2D eigenvalue weighted by Gasteiger charge is -2.26. The van der Waals surface area contributed by atoms with Gasteiger partial charge in [-0.25, -0.2) is 4.79 Å². The number of alkyl carbamates (subject to hydrolysis) is 1. The zero-order valence-electron chi connectivity index (χ0n) is 15.4. The summed E-state index contributed by atoms with van der Waals surface area (Å²) in [6, 6.07) is 14.0. The summed E-state index contributed by atoms with van der Waals surface area (Å²) < 4.78 is 5.31. The molecule has 2 atom stereocenters. The molecule has 2 aromatic rings. The van der Waals surface area contributed by atoms with Crippen molar-refractivity contribution >= 4 is 6.09 Å². The molecule has 6 heteroatoms. The molecule has 0 aliphatic carbocycles. The van der Waals surface area contributed by atoms with E-state index in [-0.39, 0.29) is 4.92 Å². The van der Waals surface area contributed by atoms with Gasteiger partial charge in [0.05, 0.1) is 0 Å². The van der Waals surface area contributed by atoms with Gasteiger partial charge in [0.1, 0.15) is 11.6 Å². The topological polar surface area (TPSA) is 81.5 Å². The van der Waals surface area contributed by atoms with Gasteiger partial charge in [0.25, 0.3) is 6.04 Å². The van der Waals surface area contributed by atoms with Crippen LogP contribution in [0.1, 0.15) is 49.5 Å². The van der Waals surface area contributed by atoms with Gasteiger partial charge in [0, 0.05) is 10.5 Å². The molecule has 0 bridgehead atoms. The lowest BCUT2D eigenvalue weighted by Crippen LogP contribution is -2.39. The maximum absolute atomic E-state index is 12.3. The van der Waals surface area contributed by atoms with Crippen molar-refractivity contribution in [2.75, 3.05) is 0 Å². The predicted molar refractivity (Wildman–Crippen MR) is 99.5 cm³/mol. The minimum Gasteiger partial charge on any atom is -0.444 e. The molecule has 1 amide bonds. The van der Waals surface area contributed by atoms with Crippen molar-refractivity contribution in [1.29, 1.82) is 0 Å². The lowest BCUT2D eigenvalue weighted by molar-refractivity contribution is -0.534. The fraction of sp³-hybridized carbons (Fsp3) is 0.350. The Balaban J connectivity index is 2.42. The third kappa shape index (κ3) is 5.31. The molecule has 1 N–H and O–H groups in total. The SMILES string of the molecule is Cc1ccc([C@H](NC(=O)OC(C)(C)C)[C@@H](c2ccccc2)[N+](=O)[O-])cc1. The number of carbonyl (C=O) groups excluding carboxylic acids is 1. The Morgan fingerprint density at radius 3 is 2.12 bits per heavy atom. The summed E-state index contributed by atoms with van der Waals surface area (Å²) >= 11 is 0. The Morgan fingerprint density at radius 2 is 1.62 bits per heavy atom. The maximum atomic E-state index is 12.3. The Hall–Kier alpha value is -2.89. The summed E-state index contributed by atoms with van der Waals surface area (Å²) in [4.78, 5) is 23.8. The summed E-state index contributed by atoms with van der Waals surface area (Å²) in [5.74, 6) is 0. The van der Waals surface area contributed by atoms with E-state index in [4.69, 9.17) is 4.74 Å². The zero-order chi connectivity index (χ0) is 19.3. The highest BCUT2D eigenvalue weighted by Crippen LogP contribution is 2.32. The summed E-state index contributed by atoms with van der Waals surface area (Å²) in [6.07, 6.45) is -0.689. The van der Waals surface area contributed by atoms with Crippen LogP contribution in [0.2, 0.25) is 0 Å². The van der Waals surface area contributed by atoms with Crippen molar-refractivity contribution in [3.8, 4) is 0 Å². The van der Waals surface area contributed by atoms with E-state index in [2.05, 4.69) is 5.32 Å². The van der Waals surface area contributed by atoms with E-state index >= 15 is 0 Å². The van der Waals surface area contributed by atoms with E-state index in [9.17, 15) is 14.9 Å². The van der Waals surface area contributed by atoms with Crippen LogP contribution in [-0.2, 0) is 4.74 Å². The molecule has 0 radical (unpaired) electrons. The Morgan fingerprint density at radius 1 is 1.04 bits per heavy atom. The van der Waals surface area contributed by atoms with Gasteiger partial charge in [-0.15, -0.1) is 0 Å². The van der Waals surface area contributed by atoms with E-state index in [0.717, 1.165) is 5.56 Å². The molecular weight excluding hydrogens is 332 g/mol. The number of nitro groups is 1. The van der Waals surface area contributed by atoms with Crippen LogP contribution in [-0.4, -0.2) is 16.6 Å². The molecule has 0 aliphatic rings. The van der Waals surface area contributed by atoms with E-state index in [1.165, 1.54) is 0 Å². The van der Waals surface area contributed by atoms with Crippen LogP contribution in [0.25, 0.3) is 0 Å². The first-order valence-electron chi connectivity index (χ1n) is 8.42. The standard InChI is InChI=1S/C20H24N2O4/c1-14-10-12-15(13-11-14)17(21-19(23)26-20(2,3)4)18(22(24)25)16-8-6-5-7-9-16/h5-13,17-18H,1-4H3,(H,21,23)/t17-,18+/m0/s1. The molecular formula is C20H24N2O4.